The van der Waals surface area contributed by atoms with E-state index >= 15 is 0 Å². The van der Waals surface area contributed by atoms with Crippen molar-refractivity contribution in [2.45, 2.75) is 39.3 Å². The molecule has 0 heterocycles. The van der Waals surface area contributed by atoms with Crippen LogP contribution in [-0.2, 0) is 4.74 Å². The molecule has 3 heteroatoms. The van der Waals surface area contributed by atoms with Gasteiger partial charge in [-0.15, -0.1) is 0 Å². The van der Waals surface area contributed by atoms with Crippen molar-refractivity contribution in [3.8, 4) is 0 Å². The second-order valence-electron chi connectivity index (χ2n) is 4.74. The van der Waals surface area contributed by atoms with Crippen molar-refractivity contribution in [3.05, 3.63) is 0 Å². The fraction of sp³-hybridized carbons (Fsp3) is 1.00. The second kappa shape index (κ2) is 8.08. The van der Waals surface area contributed by atoms with Crippen LogP contribution in [0.2, 0.25) is 0 Å². The van der Waals surface area contributed by atoms with Gasteiger partial charge in [0.25, 0.3) is 0 Å². The highest BCUT2D eigenvalue weighted by molar-refractivity contribution is 4.75. The Kier molecular flexibility index (Phi) is 8.02. The third-order valence-corrected chi connectivity index (χ3v) is 2.91. The van der Waals surface area contributed by atoms with E-state index in [1.807, 2.05) is 0 Å². The number of methoxy groups -OCH3 is 1. The van der Waals surface area contributed by atoms with E-state index in [1.54, 1.807) is 7.11 Å². The molecule has 0 saturated heterocycles. The van der Waals surface area contributed by atoms with Crippen LogP contribution in [0, 0.1) is 5.92 Å². The van der Waals surface area contributed by atoms with Gasteiger partial charge in [-0.05, 0) is 26.4 Å². The topological polar surface area (TPSA) is 24.5 Å². The van der Waals surface area contributed by atoms with E-state index in [0.29, 0.717) is 18.0 Å². The lowest BCUT2D eigenvalue weighted by Gasteiger charge is -2.30. The summed E-state index contributed by atoms with van der Waals surface area (Å²) in [6, 6.07) is 1.08. The predicted molar refractivity (Wildman–Crippen MR) is 66.3 cm³/mol. The molecular weight excluding hydrogens is 188 g/mol. The fourth-order valence-corrected chi connectivity index (χ4v) is 1.82. The summed E-state index contributed by atoms with van der Waals surface area (Å²) in [6.07, 6.45) is 1.12. The molecule has 2 unspecified atom stereocenters. The molecule has 0 aromatic heterocycles. The average Bonchev–Trinajstić information content (AvgIpc) is 2.15. The zero-order chi connectivity index (χ0) is 11.8. The van der Waals surface area contributed by atoms with Crippen LogP contribution in [0.15, 0.2) is 0 Å². The summed E-state index contributed by atoms with van der Waals surface area (Å²) in [5.41, 5.74) is 0. The summed E-state index contributed by atoms with van der Waals surface area (Å²) < 4.78 is 5.17. The molecule has 0 aliphatic rings. The zero-order valence-electron chi connectivity index (χ0n) is 11.2. The lowest BCUT2D eigenvalue weighted by molar-refractivity contribution is 0.152. The van der Waals surface area contributed by atoms with Gasteiger partial charge in [0.2, 0.25) is 0 Å². The van der Waals surface area contributed by atoms with Gasteiger partial charge in [-0.3, -0.25) is 0 Å². The lowest BCUT2D eigenvalue weighted by atomic mass is 10.0. The Labute approximate surface area is 95.2 Å². The predicted octanol–water partition coefficient (Wildman–Crippen LogP) is 1.59. The van der Waals surface area contributed by atoms with Gasteiger partial charge >= 0.3 is 0 Å². The Morgan fingerprint density at radius 1 is 1.27 bits per heavy atom. The minimum atomic E-state index is 0.483. The van der Waals surface area contributed by atoms with Crippen molar-refractivity contribution in [3.63, 3.8) is 0 Å². The van der Waals surface area contributed by atoms with Gasteiger partial charge in [-0.25, -0.2) is 0 Å². The molecule has 0 aliphatic heterocycles. The summed E-state index contributed by atoms with van der Waals surface area (Å²) in [4.78, 5) is 2.29. The van der Waals surface area contributed by atoms with Gasteiger partial charge < -0.3 is 15.0 Å². The average molecular weight is 216 g/mol. The molecule has 0 fully saturated rings. The van der Waals surface area contributed by atoms with E-state index in [2.05, 4.69) is 45.1 Å². The second-order valence-corrected chi connectivity index (χ2v) is 4.74. The van der Waals surface area contributed by atoms with Crippen molar-refractivity contribution in [1.29, 1.82) is 0 Å². The molecule has 0 aromatic rings. The van der Waals surface area contributed by atoms with Crippen molar-refractivity contribution < 1.29 is 4.74 Å². The summed E-state index contributed by atoms with van der Waals surface area (Å²) in [5, 5.41) is 3.57. The molecule has 0 radical (unpaired) electrons. The molecule has 92 valence electrons. The lowest BCUT2D eigenvalue weighted by Crippen LogP contribution is -2.45. The first-order valence-electron chi connectivity index (χ1n) is 5.91. The Morgan fingerprint density at radius 2 is 1.87 bits per heavy atom. The van der Waals surface area contributed by atoms with Gasteiger partial charge in [0.15, 0.2) is 0 Å². The first kappa shape index (κ1) is 14.9. The number of hydrogen-bond acceptors (Lipinski definition) is 3. The monoisotopic (exact) mass is 216 g/mol. The van der Waals surface area contributed by atoms with E-state index in [1.165, 1.54) is 0 Å². The maximum absolute atomic E-state index is 5.17. The van der Waals surface area contributed by atoms with E-state index in [-0.39, 0.29) is 0 Å². The van der Waals surface area contributed by atoms with Gasteiger partial charge in [0.1, 0.15) is 0 Å². The van der Waals surface area contributed by atoms with Gasteiger partial charge in [0, 0.05) is 25.7 Å². The molecule has 0 saturated carbocycles. The maximum atomic E-state index is 5.17. The van der Waals surface area contributed by atoms with Crippen LogP contribution in [0.1, 0.15) is 27.2 Å². The maximum Gasteiger partial charge on any atom is 0.0615 e. The number of likely N-dealkylation sites (N-methyl/N-ethyl adjacent to an activating group) is 1. The summed E-state index contributed by atoms with van der Waals surface area (Å²) >= 11 is 0. The van der Waals surface area contributed by atoms with Gasteiger partial charge in [-0.1, -0.05) is 20.8 Å². The van der Waals surface area contributed by atoms with E-state index in [9.17, 15) is 0 Å². The SMILES string of the molecule is CCC(COC)NCC(C(C)C)N(C)C. The number of nitrogens with zero attached hydrogens (tertiary/aromatic N) is 1. The van der Waals surface area contributed by atoms with Crippen molar-refractivity contribution >= 4 is 0 Å². The number of nitrogens with one attached hydrogen (secondary N) is 1. The smallest absolute Gasteiger partial charge is 0.0615 e. The van der Waals surface area contributed by atoms with Gasteiger partial charge in [0.05, 0.1) is 6.61 Å². The van der Waals surface area contributed by atoms with E-state index in [4.69, 9.17) is 4.74 Å². The fourth-order valence-electron chi connectivity index (χ4n) is 1.82. The molecule has 0 amide bonds. The molecule has 15 heavy (non-hydrogen) atoms. The Morgan fingerprint density at radius 3 is 2.20 bits per heavy atom. The summed E-state index contributed by atoms with van der Waals surface area (Å²) in [5.74, 6) is 0.674. The molecule has 2 atom stereocenters. The van der Waals surface area contributed by atoms with Crippen LogP contribution in [0.5, 0.6) is 0 Å². The number of hydrogen-bond donors (Lipinski definition) is 1. The van der Waals surface area contributed by atoms with Gasteiger partial charge in [-0.2, -0.15) is 0 Å². The molecule has 0 bridgehead atoms. The van der Waals surface area contributed by atoms with Crippen molar-refractivity contribution in [1.82, 2.24) is 10.2 Å². The molecular formula is C12H28N2O. The Balaban J connectivity index is 3.96. The molecule has 0 spiro atoms. The van der Waals surface area contributed by atoms with Crippen LogP contribution < -0.4 is 5.32 Å². The summed E-state index contributed by atoms with van der Waals surface area (Å²) in [6.45, 7) is 8.56. The first-order valence-corrected chi connectivity index (χ1v) is 5.91. The van der Waals surface area contributed by atoms with Crippen LogP contribution in [0.3, 0.4) is 0 Å². The normalized spacial score (nSPS) is 16.0. The summed E-state index contributed by atoms with van der Waals surface area (Å²) in [7, 11) is 6.05. The number of ether oxygens (including phenoxy) is 1. The molecule has 1 N–H and O–H groups in total. The molecule has 3 nitrogen and oxygen atoms in total. The van der Waals surface area contributed by atoms with Crippen LogP contribution in [0.4, 0.5) is 0 Å². The van der Waals surface area contributed by atoms with Crippen LogP contribution in [0.25, 0.3) is 0 Å². The number of rotatable bonds is 8. The molecule has 0 rings (SSSR count). The van der Waals surface area contributed by atoms with Crippen LogP contribution >= 0.6 is 0 Å². The quantitative estimate of drug-likeness (QED) is 0.667. The third kappa shape index (κ3) is 6.13. The minimum absolute atomic E-state index is 0.483. The molecule has 0 aromatic carbocycles. The zero-order valence-corrected chi connectivity index (χ0v) is 11.2. The highest BCUT2D eigenvalue weighted by atomic mass is 16.5. The van der Waals surface area contributed by atoms with Crippen molar-refractivity contribution in [2.75, 3.05) is 34.4 Å². The highest BCUT2D eigenvalue weighted by Crippen LogP contribution is 2.06. The van der Waals surface area contributed by atoms with E-state index in [0.717, 1.165) is 19.6 Å². The largest absolute Gasteiger partial charge is 0.383 e. The third-order valence-electron chi connectivity index (χ3n) is 2.91. The van der Waals surface area contributed by atoms with Crippen molar-refractivity contribution in [2.24, 2.45) is 5.92 Å². The standard InChI is InChI=1S/C12H28N2O/c1-7-11(9-15-6)13-8-12(10(2)3)14(4)5/h10-13H,7-9H2,1-6H3. The minimum Gasteiger partial charge on any atom is -0.383 e. The van der Waals surface area contributed by atoms with Crippen LogP contribution in [-0.4, -0.2) is 51.3 Å². The Hall–Kier alpha value is -0.120. The molecule has 0 aliphatic carbocycles. The highest BCUT2D eigenvalue weighted by Gasteiger charge is 2.16. The Bertz CT molecular complexity index is 141. The first-order chi connectivity index (χ1) is 7.02. The van der Waals surface area contributed by atoms with E-state index < -0.39 is 0 Å².